The molecule has 0 aliphatic heterocycles. The Kier molecular flexibility index (Phi) is 5.64. The van der Waals surface area contributed by atoms with Crippen molar-refractivity contribution in [2.45, 2.75) is 26.0 Å². The molecular formula is C18H25N3O3. The van der Waals surface area contributed by atoms with Crippen molar-refractivity contribution in [3.05, 3.63) is 53.5 Å². The zero-order valence-corrected chi connectivity index (χ0v) is 14.6. The van der Waals surface area contributed by atoms with E-state index in [0.29, 0.717) is 17.2 Å². The van der Waals surface area contributed by atoms with E-state index in [-0.39, 0.29) is 12.6 Å². The van der Waals surface area contributed by atoms with Crippen LogP contribution in [0.4, 0.5) is 10.5 Å². The minimum absolute atomic E-state index is 0.0448. The number of benzene rings is 1. The smallest absolute Gasteiger partial charge is 0.319 e. The number of amides is 2. The van der Waals surface area contributed by atoms with Gasteiger partial charge in [-0.15, -0.1) is 0 Å². The Morgan fingerprint density at radius 1 is 1.29 bits per heavy atom. The van der Waals surface area contributed by atoms with Crippen LogP contribution in [0.25, 0.3) is 0 Å². The predicted molar refractivity (Wildman–Crippen MR) is 93.9 cm³/mol. The van der Waals surface area contributed by atoms with Gasteiger partial charge in [-0.3, -0.25) is 0 Å². The second-order valence-electron chi connectivity index (χ2n) is 6.43. The van der Waals surface area contributed by atoms with Crippen LogP contribution >= 0.6 is 0 Å². The van der Waals surface area contributed by atoms with Gasteiger partial charge in [-0.25, -0.2) is 4.79 Å². The SMILES string of the molecule is Cc1ccc(C(C)(O)CNC(=O)Nc2cccc(CN(C)C)c2)o1. The highest BCUT2D eigenvalue weighted by Crippen LogP contribution is 2.22. The van der Waals surface area contributed by atoms with Crippen molar-refractivity contribution in [1.29, 1.82) is 0 Å². The van der Waals surface area contributed by atoms with E-state index < -0.39 is 5.60 Å². The van der Waals surface area contributed by atoms with Crippen molar-refractivity contribution < 1.29 is 14.3 Å². The lowest BCUT2D eigenvalue weighted by atomic mass is 10.0. The first-order valence-corrected chi connectivity index (χ1v) is 7.84. The Bertz CT molecular complexity index is 692. The Labute approximate surface area is 142 Å². The van der Waals surface area contributed by atoms with Crippen LogP contribution in [-0.4, -0.2) is 36.7 Å². The van der Waals surface area contributed by atoms with Crippen LogP contribution in [0.2, 0.25) is 0 Å². The van der Waals surface area contributed by atoms with Crippen LogP contribution in [0, 0.1) is 6.92 Å². The van der Waals surface area contributed by atoms with Gasteiger partial charge in [-0.1, -0.05) is 12.1 Å². The molecule has 1 heterocycles. The molecule has 2 aromatic rings. The Morgan fingerprint density at radius 2 is 2.04 bits per heavy atom. The molecule has 3 N–H and O–H groups in total. The largest absolute Gasteiger partial charge is 0.463 e. The lowest BCUT2D eigenvalue weighted by molar-refractivity contribution is 0.0364. The molecular weight excluding hydrogens is 306 g/mol. The molecule has 1 aromatic carbocycles. The lowest BCUT2D eigenvalue weighted by Crippen LogP contribution is -2.40. The van der Waals surface area contributed by atoms with E-state index >= 15 is 0 Å². The number of hydrogen-bond donors (Lipinski definition) is 3. The van der Waals surface area contributed by atoms with Crippen molar-refractivity contribution in [2.24, 2.45) is 0 Å². The van der Waals surface area contributed by atoms with Crippen LogP contribution in [-0.2, 0) is 12.1 Å². The zero-order chi connectivity index (χ0) is 17.7. The fraction of sp³-hybridized carbons (Fsp3) is 0.389. The van der Waals surface area contributed by atoms with Crippen LogP contribution < -0.4 is 10.6 Å². The van der Waals surface area contributed by atoms with Gasteiger partial charge in [0, 0.05) is 12.2 Å². The predicted octanol–water partition coefficient (Wildman–Crippen LogP) is 2.68. The number of furan rings is 1. The van der Waals surface area contributed by atoms with Gasteiger partial charge in [-0.2, -0.15) is 0 Å². The quantitative estimate of drug-likeness (QED) is 0.760. The Morgan fingerprint density at radius 3 is 2.67 bits per heavy atom. The van der Waals surface area contributed by atoms with E-state index in [2.05, 4.69) is 15.5 Å². The van der Waals surface area contributed by atoms with Gasteiger partial charge in [0.05, 0.1) is 6.54 Å². The van der Waals surface area contributed by atoms with Gasteiger partial charge in [-0.05, 0) is 57.8 Å². The van der Waals surface area contributed by atoms with E-state index in [0.717, 1.165) is 12.1 Å². The summed E-state index contributed by atoms with van der Waals surface area (Å²) in [6, 6.07) is 10.8. The molecule has 6 heteroatoms. The van der Waals surface area contributed by atoms with Gasteiger partial charge in [0.1, 0.15) is 17.1 Å². The summed E-state index contributed by atoms with van der Waals surface area (Å²) in [5, 5.41) is 15.9. The fourth-order valence-electron chi connectivity index (χ4n) is 2.35. The number of urea groups is 1. The molecule has 1 aromatic heterocycles. The van der Waals surface area contributed by atoms with Crippen molar-refractivity contribution in [3.63, 3.8) is 0 Å². The summed E-state index contributed by atoms with van der Waals surface area (Å²) in [7, 11) is 3.98. The highest BCUT2D eigenvalue weighted by molar-refractivity contribution is 5.89. The standard InChI is InChI=1S/C18H25N3O3/c1-13-8-9-16(24-13)18(2,23)12-19-17(22)20-15-7-5-6-14(10-15)11-21(3)4/h5-10,23H,11-12H2,1-4H3,(H2,19,20,22). The third-order valence-corrected chi connectivity index (χ3v) is 3.55. The molecule has 130 valence electrons. The number of nitrogens with zero attached hydrogens (tertiary/aromatic N) is 1. The molecule has 2 amide bonds. The van der Waals surface area contributed by atoms with Crippen molar-refractivity contribution in [3.8, 4) is 0 Å². The molecule has 0 fully saturated rings. The minimum atomic E-state index is -1.27. The molecule has 0 saturated heterocycles. The van der Waals surface area contributed by atoms with Crippen molar-refractivity contribution in [2.75, 3.05) is 26.0 Å². The summed E-state index contributed by atoms with van der Waals surface area (Å²) in [5.74, 6) is 1.14. The summed E-state index contributed by atoms with van der Waals surface area (Å²) in [4.78, 5) is 14.1. The molecule has 6 nitrogen and oxygen atoms in total. The van der Waals surface area contributed by atoms with Crippen LogP contribution in [0.3, 0.4) is 0 Å². The number of aryl methyl sites for hydroxylation is 1. The summed E-state index contributed by atoms with van der Waals surface area (Å²) in [5.41, 5.74) is 0.550. The highest BCUT2D eigenvalue weighted by Gasteiger charge is 2.27. The average molecular weight is 331 g/mol. The van der Waals surface area contributed by atoms with E-state index in [9.17, 15) is 9.90 Å². The fourth-order valence-corrected chi connectivity index (χ4v) is 2.35. The van der Waals surface area contributed by atoms with E-state index in [1.54, 1.807) is 26.0 Å². The monoisotopic (exact) mass is 331 g/mol. The summed E-state index contributed by atoms with van der Waals surface area (Å²) in [6.45, 7) is 4.25. The number of anilines is 1. The van der Waals surface area contributed by atoms with Crippen molar-refractivity contribution >= 4 is 11.7 Å². The van der Waals surface area contributed by atoms with Gasteiger partial charge in [0.25, 0.3) is 0 Å². The molecule has 1 unspecified atom stereocenters. The second-order valence-corrected chi connectivity index (χ2v) is 6.43. The average Bonchev–Trinajstić information content (AvgIpc) is 2.92. The number of nitrogens with one attached hydrogen (secondary N) is 2. The molecule has 2 rings (SSSR count). The molecule has 0 aliphatic carbocycles. The number of hydrogen-bond acceptors (Lipinski definition) is 4. The first kappa shape index (κ1) is 18.0. The van der Waals surface area contributed by atoms with Gasteiger partial charge in [0.15, 0.2) is 0 Å². The Hall–Kier alpha value is -2.31. The maximum Gasteiger partial charge on any atom is 0.319 e. The van der Waals surface area contributed by atoms with E-state index in [4.69, 9.17) is 4.42 Å². The summed E-state index contributed by atoms with van der Waals surface area (Å²) >= 11 is 0. The first-order chi connectivity index (χ1) is 11.3. The third kappa shape index (κ3) is 5.11. The Balaban J connectivity index is 1.91. The van der Waals surface area contributed by atoms with Crippen LogP contribution in [0.15, 0.2) is 40.8 Å². The first-order valence-electron chi connectivity index (χ1n) is 7.84. The minimum Gasteiger partial charge on any atom is -0.463 e. The highest BCUT2D eigenvalue weighted by atomic mass is 16.4. The van der Waals surface area contributed by atoms with Crippen LogP contribution in [0.1, 0.15) is 24.0 Å². The lowest BCUT2D eigenvalue weighted by Gasteiger charge is -2.21. The summed E-state index contributed by atoms with van der Waals surface area (Å²) < 4.78 is 5.43. The van der Waals surface area contributed by atoms with Crippen LogP contribution in [0.5, 0.6) is 0 Å². The number of carbonyl (C=O) groups excluding carboxylic acids is 1. The van der Waals surface area contributed by atoms with E-state index in [1.165, 1.54) is 0 Å². The molecule has 24 heavy (non-hydrogen) atoms. The molecule has 0 bridgehead atoms. The normalized spacial score (nSPS) is 13.6. The number of rotatable bonds is 6. The van der Waals surface area contributed by atoms with E-state index in [1.807, 2.05) is 38.4 Å². The summed E-state index contributed by atoms with van der Waals surface area (Å²) in [6.07, 6.45) is 0. The van der Waals surface area contributed by atoms with Gasteiger partial charge < -0.3 is 25.1 Å². The molecule has 1 atom stereocenters. The zero-order valence-electron chi connectivity index (χ0n) is 14.6. The van der Waals surface area contributed by atoms with Gasteiger partial charge >= 0.3 is 6.03 Å². The second kappa shape index (κ2) is 7.51. The maximum absolute atomic E-state index is 12.1. The number of aliphatic hydroxyl groups is 1. The molecule has 0 saturated carbocycles. The maximum atomic E-state index is 12.1. The van der Waals surface area contributed by atoms with Crippen molar-refractivity contribution in [1.82, 2.24) is 10.2 Å². The molecule has 0 spiro atoms. The topological polar surface area (TPSA) is 77.7 Å². The third-order valence-electron chi connectivity index (χ3n) is 3.55. The molecule has 0 radical (unpaired) electrons. The molecule has 0 aliphatic rings. The van der Waals surface area contributed by atoms with Gasteiger partial charge in [0.2, 0.25) is 0 Å². The number of carbonyl (C=O) groups is 1.